The molecule has 0 aromatic heterocycles. The molecule has 0 saturated carbocycles. The van der Waals surface area contributed by atoms with Crippen molar-refractivity contribution in [3.8, 4) is 11.5 Å². The SMILES string of the molecule is CCCNC(CC(=O)O)c1ccc2c(c1)OCCCO2. The summed E-state index contributed by atoms with van der Waals surface area (Å²) in [7, 11) is 0. The molecule has 2 N–H and O–H groups in total. The third-order valence-electron chi connectivity index (χ3n) is 3.19. The molecule has 1 atom stereocenters. The first kappa shape index (κ1) is 14.7. The first-order valence-corrected chi connectivity index (χ1v) is 7.05. The van der Waals surface area contributed by atoms with E-state index in [1.165, 1.54) is 0 Å². The number of benzene rings is 1. The zero-order valence-corrected chi connectivity index (χ0v) is 11.7. The summed E-state index contributed by atoms with van der Waals surface area (Å²) >= 11 is 0. The highest BCUT2D eigenvalue weighted by Gasteiger charge is 2.18. The third kappa shape index (κ3) is 3.87. The van der Waals surface area contributed by atoms with Crippen LogP contribution in [0.1, 0.15) is 37.8 Å². The van der Waals surface area contributed by atoms with E-state index in [1.807, 2.05) is 18.2 Å². The summed E-state index contributed by atoms with van der Waals surface area (Å²) in [5, 5.41) is 12.3. The van der Waals surface area contributed by atoms with Crippen LogP contribution in [-0.2, 0) is 4.79 Å². The molecular formula is C15H21NO4. The second-order valence-corrected chi connectivity index (χ2v) is 4.86. The van der Waals surface area contributed by atoms with E-state index in [9.17, 15) is 4.79 Å². The van der Waals surface area contributed by atoms with Crippen LogP contribution in [0.4, 0.5) is 0 Å². The molecule has 0 saturated heterocycles. The lowest BCUT2D eigenvalue weighted by Crippen LogP contribution is -2.24. The monoisotopic (exact) mass is 279 g/mol. The predicted octanol–water partition coefficient (Wildman–Crippen LogP) is 2.36. The molecule has 1 aliphatic heterocycles. The van der Waals surface area contributed by atoms with Crippen molar-refractivity contribution in [3.63, 3.8) is 0 Å². The van der Waals surface area contributed by atoms with Gasteiger partial charge in [-0.3, -0.25) is 4.79 Å². The van der Waals surface area contributed by atoms with Crippen LogP contribution < -0.4 is 14.8 Å². The van der Waals surface area contributed by atoms with Crippen LogP contribution in [0.3, 0.4) is 0 Å². The Morgan fingerprint density at radius 3 is 2.80 bits per heavy atom. The Kier molecular flexibility index (Phi) is 5.24. The first-order valence-electron chi connectivity index (χ1n) is 7.05. The number of carbonyl (C=O) groups is 1. The van der Waals surface area contributed by atoms with Gasteiger partial charge in [0.1, 0.15) is 0 Å². The van der Waals surface area contributed by atoms with Gasteiger partial charge in [0, 0.05) is 12.5 Å². The number of ether oxygens (including phenoxy) is 2. The fraction of sp³-hybridized carbons (Fsp3) is 0.533. The summed E-state index contributed by atoms with van der Waals surface area (Å²) in [5.41, 5.74) is 0.921. The van der Waals surface area contributed by atoms with Gasteiger partial charge in [0.15, 0.2) is 11.5 Å². The molecule has 0 bridgehead atoms. The lowest BCUT2D eigenvalue weighted by molar-refractivity contribution is -0.137. The molecule has 0 radical (unpaired) electrons. The van der Waals surface area contributed by atoms with E-state index in [2.05, 4.69) is 12.2 Å². The summed E-state index contributed by atoms with van der Waals surface area (Å²) in [6.45, 7) is 4.12. The van der Waals surface area contributed by atoms with Gasteiger partial charge in [0.2, 0.25) is 0 Å². The third-order valence-corrected chi connectivity index (χ3v) is 3.19. The quantitative estimate of drug-likeness (QED) is 0.836. The molecule has 0 spiro atoms. The minimum atomic E-state index is -0.814. The Bertz CT molecular complexity index is 461. The van der Waals surface area contributed by atoms with Gasteiger partial charge < -0.3 is 19.9 Å². The molecule has 0 aliphatic carbocycles. The van der Waals surface area contributed by atoms with Crippen molar-refractivity contribution in [2.45, 2.75) is 32.2 Å². The highest BCUT2D eigenvalue weighted by molar-refractivity contribution is 5.68. The molecule has 20 heavy (non-hydrogen) atoms. The van der Waals surface area contributed by atoms with Gasteiger partial charge in [-0.05, 0) is 30.7 Å². The van der Waals surface area contributed by atoms with Gasteiger partial charge in [0.05, 0.1) is 19.6 Å². The lowest BCUT2D eigenvalue weighted by atomic mass is 10.0. The van der Waals surface area contributed by atoms with E-state index in [0.29, 0.717) is 19.0 Å². The van der Waals surface area contributed by atoms with Crippen LogP contribution in [0.2, 0.25) is 0 Å². The Labute approximate surface area is 118 Å². The van der Waals surface area contributed by atoms with Crippen LogP contribution in [0.25, 0.3) is 0 Å². The van der Waals surface area contributed by atoms with E-state index in [1.54, 1.807) is 0 Å². The fourth-order valence-electron chi connectivity index (χ4n) is 2.20. The highest BCUT2D eigenvalue weighted by atomic mass is 16.5. The zero-order valence-electron chi connectivity index (χ0n) is 11.7. The van der Waals surface area contributed by atoms with Gasteiger partial charge in [-0.2, -0.15) is 0 Å². The second kappa shape index (κ2) is 7.14. The highest BCUT2D eigenvalue weighted by Crippen LogP contribution is 2.33. The Morgan fingerprint density at radius 1 is 1.35 bits per heavy atom. The molecule has 5 heteroatoms. The second-order valence-electron chi connectivity index (χ2n) is 4.86. The van der Waals surface area contributed by atoms with Crippen molar-refractivity contribution in [2.24, 2.45) is 0 Å². The van der Waals surface area contributed by atoms with Crippen molar-refractivity contribution in [1.82, 2.24) is 5.32 Å². The van der Waals surface area contributed by atoms with Crippen LogP contribution in [0.5, 0.6) is 11.5 Å². The summed E-state index contributed by atoms with van der Waals surface area (Å²) in [6, 6.07) is 5.45. The average Bonchev–Trinajstić information content (AvgIpc) is 2.67. The number of hydrogen-bond donors (Lipinski definition) is 2. The largest absolute Gasteiger partial charge is 0.490 e. The maximum Gasteiger partial charge on any atom is 0.305 e. The number of carboxylic acids is 1. The topological polar surface area (TPSA) is 67.8 Å². The van der Waals surface area contributed by atoms with Crippen LogP contribution in [-0.4, -0.2) is 30.8 Å². The van der Waals surface area contributed by atoms with Gasteiger partial charge in [0.25, 0.3) is 0 Å². The Hall–Kier alpha value is -1.75. The van der Waals surface area contributed by atoms with Crippen molar-refractivity contribution in [2.75, 3.05) is 19.8 Å². The number of hydrogen-bond acceptors (Lipinski definition) is 4. The molecule has 0 fully saturated rings. The number of carboxylic acid groups (broad SMARTS) is 1. The molecule has 1 heterocycles. The summed E-state index contributed by atoms with van der Waals surface area (Å²) in [4.78, 5) is 11.0. The summed E-state index contributed by atoms with van der Waals surface area (Å²) in [5.74, 6) is 0.621. The smallest absolute Gasteiger partial charge is 0.305 e. The zero-order chi connectivity index (χ0) is 14.4. The minimum absolute atomic E-state index is 0.0552. The normalized spacial score (nSPS) is 15.4. The molecular weight excluding hydrogens is 258 g/mol. The van der Waals surface area contributed by atoms with E-state index in [4.69, 9.17) is 14.6 Å². The van der Waals surface area contributed by atoms with E-state index < -0.39 is 5.97 Å². The minimum Gasteiger partial charge on any atom is -0.490 e. The molecule has 1 aromatic rings. The lowest BCUT2D eigenvalue weighted by Gasteiger charge is -2.18. The number of fused-ring (bicyclic) bond motifs is 1. The van der Waals surface area contributed by atoms with Crippen LogP contribution in [0, 0.1) is 0 Å². The molecule has 110 valence electrons. The van der Waals surface area contributed by atoms with Gasteiger partial charge in [-0.25, -0.2) is 0 Å². The Morgan fingerprint density at radius 2 is 2.10 bits per heavy atom. The van der Waals surface area contributed by atoms with E-state index in [-0.39, 0.29) is 12.5 Å². The maximum absolute atomic E-state index is 11.0. The summed E-state index contributed by atoms with van der Waals surface area (Å²) in [6.07, 6.45) is 1.87. The number of aliphatic carboxylic acids is 1. The van der Waals surface area contributed by atoms with E-state index in [0.717, 1.165) is 30.7 Å². The van der Waals surface area contributed by atoms with Crippen molar-refractivity contribution < 1.29 is 19.4 Å². The van der Waals surface area contributed by atoms with Crippen LogP contribution in [0.15, 0.2) is 18.2 Å². The van der Waals surface area contributed by atoms with Gasteiger partial charge in [-0.1, -0.05) is 13.0 Å². The van der Waals surface area contributed by atoms with Crippen molar-refractivity contribution >= 4 is 5.97 Å². The standard InChI is InChI=1S/C15H21NO4/c1-2-6-16-12(10-15(17)18)11-4-5-13-14(9-11)20-8-3-7-19-13/h4-5,9,12,16H,2-3,6-8,10H2,1H3,(H,17,18). The van der Waals surface area contributed by atoms with Gasteiger partial charge in [-0.15, -0.1) is 0 Å². The molecule has 2 rings (SSSR count). The predicted molar refractivity (Wildman–Crippen MR) is 75.3 cm³/mol. The fourth-order valence-corrected chi connectivity index (χ4v) is 2.20. The van der Waals surface area contributed by atoms with Crippen LogP contribution >= 0.6 is 0 Å². The van der Waals surface area contributed by atoms with Gasteiger partial charge >= 0.3 is 5.97 Å². The Balaban J connectivity index is 2.19. The van der Waals surface area contributed by atoms with Crippen molar-refractivity contribution in [1.29, 1.82) is 0 Å². The van der Waals surface area contributed by atoms with Crippen molar-refractivity contribution in [3.05, 3.63) is 23.8 Å². The maximum atomic E-state index is 11.0. The molecule has 1 aromatic carbocycles. The molecule has 0 amide bonds. The molecule has 5 nitrogen and oxygen atoms in total. The first-order chi connectivity index (χ1) is 9.70. The van der Waals surface area contributed by atoms with E-state index >= 15 is 0 Å². The summed E-state index contributed by atoms with van der Waals surface area (Å²) < 4.78 is 11.2. The molecule has 1 unspecified atom stereocenters. The number of nitrogens with one attached hydrogen (secondary N) is 1. The number of rotatable bonds is 6. The molecule has 1 aliphatic rings. The average molecular weight is 279 g/mol.